The molecular weight excluding hydrogens is 250 g/mol. The molecule has 108 valence electrons. The van der Waals surface area contributed by atoms with E-state index in [-0.39, 0.29) is 12.3 Å². The Balaban J connectivity index is 2.03. The van der Waals surface area contributed by atoms with Crippen LogP contribution < -0.4 is 5.32 Å². The smallest absolute Gasteiger partial charge is 0.408 e. The number of ether oxygens (including phenoxy) is 2. The van der Waals surface area contributed by atoms with Crippen LogP contribution in [0.15, 0.2) is 0 Å². The molecule has 2 rings (SSSR count). The fourth-order valence-corrected chi connectivity index (χ4v) is 3.04. The Labute approximate surface area is 112 Å². The third-order valence-electron chi connectivity index (χ3n) is 3.75. The lowest BCUT2D eigenvalue weighted by atomic mass is 9.59. The number of alkyl carbamates (subject to hydrolysis) is 1. The van der Waals surface area contributed by atoms with E-state index in [9.17, 15) is 9.59 Å². The van der Waals surface area contributed by atoms with E-state index in [2.05, 4.69) is 5.32 Å². The largest absolute Gasteiger partial charge is 0.481 e. The van der Waals surface area contributed by atoms with Gasteiger partial charge in [-0.05, 0) is 33.1 Å². The minimum atomic E-state index is -0.915. The number of carbonyl (C=O) groups excluding carboxylic acids is 1. The van der Waals surface area contributed by atoms with Gasteiger partial charge in [0.25, 0.3) is 0 Å². The predicted molar refractivity (Wildman–Crippen MR) is 66.8 cm³/mol. The number of rotatable bonds is 3. The minimum Gasteiger partial charge on any atom is -0.481 e. The van der Waals surface area contributed by atoms with Crippen LogP contribution in [0.5, 0.6) is 0 Å². The van der Waals surface area contributed by atoms with Crippen LogP contribution in [-0.2, 0) is 14.3 Å². The first-order valence-corrected chi connectivity index (χ1v) is 6.52. The Bertz CT molecular complexity index is 389. The van der Waals surface area contributed by atoms with E-state index in [0.29, 0.717) is 25.6 Å². The van der Waals surface area contributed by atoms with Crippen LogP contribution in [0.1, 0.15) is 33.6 Å². The van der Waals surface area contributed by atoms with Gasteiger partial charge in [-0.2, -0.15) is 0 Å². The molecule has 1 saturated carbocycles. The molecule has 6 heteroatoms. The lowest BCUT2D eigenvalue weighted by Crippen LogP contribution is -2.65. The highest BCUT2D eigenvalue weighted by atomic mass is 16.6. The molecule has 1 aliphatic carbocycles. The van der Waals surface area contributed by atoms with Crippen molar-refractivity contribution in [3.8, 4) is 0 Å². The molecule has 2 aliphatic rings. The summed E-state index contributed by atoms with van der Waals surface area (Å²) in [6.45, 7) is 6.49. The van der Waals surface area contributed by atoms with Gasteiger partial charge in [-0.15, -0.1) is 0 Å². The normalized spacial score (nSPS) is 33.2. The van der Waals surface area contributed by atoms with Crippen molar-refractivity contribution in [2.45, 2.75) is 44.8 Å². The van der Waals surface area contributed by atoms with Crippen molar-refractivity contribution >= 4 is 12.1 Å². The van der Waals surface area contributed by atoms with E-state index in [0.717, 1.165) is 0 Å². The lowest BCUT2D eigenvalue weighted by molar-refractivity contribution is -0.141. The van der Waals surface area contributed by atoms with E-state index in [4.69, 9.17) is 14.6 Å². The van der Waals surface area contributed by atoms with Gasteiger partial charge in [-0.25, -0.2) is 4.79 Å². The summed E-state index contributed by atoms with van der Waals surface area (Å²) in [5.41, 5.74) is -1.31. The van der Waals surface area contributed by atoms with E-state index in [1.54, 1.807) is 20.8 Å². The van der Waals surface area contributed by atoms with Crippen LogP contribution in [-0.4, -0.2) is 41.5 Å². The quantitative estimate of drug-likeness (QED) is 0.810. The van der Waals surface area contributed by atoms with E-state index in [1.807, 2.05) is 0 Å². The monoisotopic (exact) mass is 271 g/mol. The molecule has 1 saturated heterocycles. The van der Waals surface area contributed by atoms with E-state index < -0.39 is 23.2 Å². The molecule has 0 bridgehead atoms. The summed E-state index contributed by atoms with van der Waals surface area (Å²) in [7, 11) is 0. The second kappa shape index (κ2) is 4.67. The average molecular weight is 271 g/mol. The summed E-state index contributed by atoms with van der Waals surface area (Å²) < 4.78 is 10.6. The van der Waals surface area contributed by atoms with Gasteiger partial charge in [-0.1, -0.05) is 0 Å². The standard InChI is InChI=1S/C13H21NO5/c1-12(2,3)19-11(17)14-13(5-10(15)16)4-8-6-18-7-9(8)13/h8-9H,4-7H2,1-3H3,(H,14,17)(H,15,16)/t8-,9+,13?/m1/s1. The number of carboxylic acids is 1. The van der Waals surface area contributed by atoms with Gasteiger partial charge in [-0.3, -0.25) is 4.79 Å². The van der Waals surface area contributed by atoms with Gasteiger partial charge in [0, 0.05) is 12.5 Å². The highest BCUT2D eigenvalue weighted by Gasteiger charge is 2.58. The Morgan fingerprint density at radius 1 is 1.42 bits per heavy atom. The van der Waals surface area contributed by atoms with Crippen LogP contribution in [0.3, 0.4) is 0 Å². The highest BCUT2D eigenvalue weighted by Crippen LogP contribution is 2.49. The van der Waals surface area contributed by atoms with Gasteiger partial charge >= 0.3 is 12.1 Å². The van der Waals surface area contributed by atoms with Gasteiger partial charge in [0.1, 0.15) is 5.60 Å². The van der Waals surface area contributed by atoms with Crippen molar-refractivity contribution in [3.63, 3.8) is 0 Å². The molecule has 3 atom stereocenters. The van der Waals surface area contributed by atoms with Crippen molar-refractivity contribution in [3.05, 3.63) is 0 Å². The molecule has 0 radical (unpaired) electrons. The first-order valence-electron chi connectivity index (χ1n) is 6.52. The molecule has 2 fully saturated rings. The SMILES string of the molecule is CC(C)(C)OC(=O)NC1(CC(=O)O)C[C@@H]2COC[C@@H]21. The van der Waals surface area contributed by atoms with Crippen molar-refractivity contribution in [1.29, 1.82) is 0 Å². The van der Waals surface area contributed by atoms with Crippen molar-refractivity contribution < 1.29 is 24.2 Å². The summed E-state index contributed by atoms with van der Waals surface area (Å²) in [5, 5.41) is 11.8. The van der Waals surface area contributed by atoms with Gasteiger partial charge in [0.05, 0.1) is 18.6 Å². The number of hydrogen-bond acceptors (Lipinski definition) is 4. The summed E-state index contributed by atoms with van der Waals surface area (Å²) in [6.07, 6.45) is -0.000854. The van der Waals surface area contributed by atoms with Crippen LogP contribution in [0, 0.1) is 11.8 Å². The third kappa shape index (κ3) is 3.00. The number of carboxylic acid groups (broad SMARTS) is 1. The predicted octanol–water partition coefficient (Wildman–Crippen LogP) is 1.39. The first-order chi connectivity index (χ1) is 8.72. The molecule has 1 aliphatic heterocycles. The molecule has 1 heterocycles. The highest BCUT2D eigenvalue weighted by molar-refractivity contribution is 5.73. The topological polar surface area (TPSA) is 84.9 Å². The molecular formula is C13H21NO5. The summed E-state index contributed by atoms with van der Waals surface area (Å²) >= 11 is 0. The molecule has 0 aromatic rings. The molecule has 1 unspecified atom stereocenters. The molecule has 1 amide bonds. The Morgan fingerprint density at radius 3 is 2.63 bits per heavy atom. The molecule has 6 nitrogen and oxygen atoms in total. The minimum absolute atomic E-state index is 0.0797. The van der Waals surface area contributed by atoms with Crippen LogP contribution in [0.2, 0.25) is 0 Å². The number of aliphatic carboxylic acids is 1. The fourth-order valence-electron chi connectivity index (χ4n) is 3.04. The first kappa shape index (κ1) is 14.1. The number of carbonyl (C=O) groups is 2. The summed E-state index contributed by atoms with van der Waals surface area (Å²) in [4.78, 5) is 22.9. The summed E-state index contributed by atoms with van der Waals surface area (Å²) in [5.74, 6) is -0.480. The maximum atomic E-state index is 11.9. The molecule has 0 aromatic heterocycles. The maximum absolute atomic E-state index is 11.9. The van der Waals surface area contributed by atoms with Crippen molar-refractivity contribution in [2.24, 2.45) is 11.8 Å². The van der Waals surface area contributed by atoms with E-state index >= 15 is 0 Å². The Morgan fingerprint density at radius 2 is 2.11 bits per heavy atom. The van der Waals surface area contributed by atoms with Gasteiger partial charge in [0.2, 0.25) is 0 Å². The number of amides is 1. The zero-order chi connectivity index (χ0) is 14.3. The van der Waals surface area contributed by atoms with Crippen LogP contribution >= 0.6 is 0 Å². The zero-order valence-electron chi connectivity index (χ0n) is 11.6. The number of hydrogen-bond donors (Lipinski definition) is 2. The molecule has 19 heavy (non-hydrogen) atoms. The number of fused-ring (bicyclic) bond motifs is 1. The van der Waals surface area contributed by atoms with Gasteiger partial charge in [0.15, 0.2) is 0 Å². The average Bonchev–Trinajstić information content (AvgIpc) is 2.55. The zero-order valence-corrected chi connectivity index (χ0v) is 11.6. The fraction of sp³-hybridized carbons (Fsp3) is 0.846. The molecule has 2 N–H and O–H groups in total. The van der Waals surface area contributed by atoms with Crippen LogP contribution in [0.4, 0.5) is 4.79 Å². The van der Waals surface area contributed by atoms with Crippen molar-refractivity contribution in [2.75, 3.05) is 13.2 Å². The number of nitrogens with one attached hydrogen (secondary N) is 1. The lowest BCUT2D eigenvalue weighted by Gasteiger charge is -2.50. The van der Waals surface area contributed by atoms with E-state index in [1.165, 1.54) is 0 Å². The third-order valence-corrected chi connectivity index (χ3v) is 3.75. The summed E-state index contributed by atoms with van der Waals surface area (Å²) in [6, 6.07) is 0. The second-order valence-corrected chi connectivity index (χ2v) is 6.46. The van der Waals surface area contributed by atoms with Crippen molar-refractivity contribution in [1.82, 2.24) is 5.32 Å². The molecule has 0 spiro atoms. The van der Waals surface area contributed by atoms with Gasteiger partial charge < -0.3 is 19.9 Å². The Kier molecular flexibility index (Phi) is 3.47. The maximum Gasteiger partial charge on any atom is 0.408 e. The van der Waals surface area contributed by atoms with Crippen LogP contribution in [0.25, 0.3) is 0 Å². The Hall–Kier alpha value is -1.30. The molecule has 0 aromatic carbocycles. The second-order valence-electron chi connectivity index (χ2n) is 6.46.